The zero-order valence-corrected chi connectivity index (χ0v) is 13.5. The lowest BCUT2D eigenvalue weighted by Crippen LogP contribution is -2.13. The average molecular weight is 307 g/mol. The first-order chi connectivity index (χ1) is 11.2. The van der Waals surface area contributed by atoms with Crippen LogP contribution in [0.4, 0.5) is 5.82 Å². The van der Waals surface area contributed by atoms with Gasteiger partial charge in [0.2, 0.25) is 5.91 Å². The Kier molecular flexibility index (Phi) is 4.42. The number of nitrogens with one attached hydrogen (secondary N) is 1. The van der Waals surface area contributed by atoms with Crippen LogP contribution in [0.2, 0.25) is 0 Å². The first kappa shape index (κ1) is 15.3. The quantitative estimate of drug-likeness (QED) is 0.757. The number of aromatic nitrogens is 2. The maximum absolute atomic E-state index is 12.2. The van der Waals surface area contributed by atoms with E-state index in [1.54, 1.807) is 0 Å². The van der Waals surface area contributed by atoms with Gasteiger partial charge in [0, 0.05) is 18.2 Å². The third-order valence-corrected chi connectivity index (χ3v) is 3.84. The SMILES string of the molecule is CCCCC(=O)Nc1c(-c2ccccc2)nc2cc(C)ccn12. The highest BCUT2D eigenvalue weighted by atomic mass is 16.1. The molecule has 3 rings (SSSR count). The van der Waals surface area contributed by atoms with E-state index < -0.39 is 0 Å². The van der Waals surface area contributed by atoms with Crippen molar-refractivity contribution < 1.29 is 4.79 Å². The molecule has 2 heterocycles. The second-order valence-electron chi connectivity index (χ2n) is 5.76. The van der Waals surface area contributed by atoms with Gasteiger partial charge in [0.15, 0.2) is 0 Å². The van der Waals surface area contributed by atoms with Crippen LogP contribution in [0.3, 0.4) is 0 Å². The second kappa shape index (κ2) is 6.65. The number of carbonyl (C=O) groups excluding carboxylic acids is 1. The van der Waals surface area contributed by atoms with Crippen LogP contribution in [0, 0.1) is 6.92 Å². The molecule has 0 aliphatic rings. The van der Waals surface area contributed by atoms with Crippen molar-refractivity contribution in [3.63, 3.8) is 0 Å². The van der Waals surface area contributed by atoms with E-state index in [1.165, 1.54) is 0 Å². The van der Waals surface area contributed by atoms with Crippen molar-refractivity contribution in [2.45, 2.75) is 33.1 Å². The molecule has 0 fully saturated rings. The van der Waals surface area contributed by atoms with Crippen LogP contribution in [0.25, 0.3) is 16.9 Å². The van der Waals surface area contributed by atoms with Crippen LogP contribution >= 0.6 is 0 Å². The Hall–Kier alpha value is -2.62. The molecule has 1 N–H and O–H groups in total. The number of imidazole rings is 1. The number of nitrogens with zero attached hydrogens (tertiary/aromatic N) is 2. The summed E-state index contributed by atoms with van der Waals surface area (Å²) in [5.74, 6) is 0.777. The predicted molar refractivity (Wildman–Crippen MR) is 93.5 cm³/mol. The van der Waals surface area contributed by atoms with E-state index in [2.05, 4.69) is 12.2 Å². The number of rotatable bonds is 5. The lowest BCUT2D eigenvalue weighted by atomic mass is 10.1. The molecule has 4 nitrogen and oxygen atoms in total. The first-order valence-electron chi connectivity index (χ1n) is 8.03. The van der Waals surface area contributed by atoms with Crippen LogP contribution in [-0.4, -0.2) is 15.3 Å². The lowest BCUT2D eigenvalue weighted by Gasteiger charge is -2.07. The molecule has 1 aromatic carbocycles. The molecule has 23 heavy (non-hydrogen) atoms. The van der Waals surface area contributed by atoms with Gasteiger partial charge in [-0.1, -0.05) is 43.7 Å². The highest BCUT2D eigenvalue weighted by molar-refractivity contribution is 5.94. The van der Waals surface area contributed by atoms with Gasteiger partial charge in [-0.15, -0.1) is 0 Å². The van der Waals surface area contributed by atoms with Crippen molar-refractivity contribution in [3.05, 3.63) is 54.2 Å². The van der Waals surface area contributed by atoms with Crippen LogP contribution in [0.15, 0.2) is 48.7 Å². The molecule has 3 aromatic rings. The molecule has 0 spiro atoms. The van der Waals surface area contributed by atoms with E-state index in [0.717, 1.165) is 41.1 Å². The van der Waals surface area contributed by atoms with Crippen molar-refractivity contribution in [2.24, 2.45) is 0 Å². The fourth-order valence-corrected chi connectivity index (χ4v) is 2.60. The Labute approximate surface area is 136 Å². The lowest BCUT2D eigenvalue weighted by molar-refractivity contribution is -0.116. The van der Waals surface area contributed by atoms with Crippen molar-refractivity contribution in [3.8, 4) is 11.3 Å². The number of anilines is 1. The van der Waals surface area contributed by atoms with E-state index in [-0.39, 0.29) is 5.91 Å². The molecule has 0 unspecified atom stereocenters. The van der Waals surface area contributed by atoms with Crippen LogP contribution in [0.1, 0.15) is 31.7 Å². The third kappa shape index (κ3) is 3.26. The number of pyridine rings is 1. The summed E-state index contributed by atoms with van der Waals surface area (Å²) >= 11 is 0. The summed E-state index contributed by atoms with van der Waals surface area (Å²) in [4.78, 5) is 16.9. The zero-order valence-electron chi connectivity index (χ0n) is 13.5. The molecular formula is C19H21N3O. The van der Waals surface area contributed by atoms with Gasteiger partial charge in [0.25, 0.3) is 0 Å². The fourth-order valence-electron chi connectivity index (χ4n) is 2.60. The van der Waals surface area contributed by atoms with Gasteiger partial charge >= 0.3 is 0 Å². The standard InChI is InChI=1S/C19H21N3O/c1-3-4-10-17(23)21-19-18(15-8-6-5-7-9-15)20-16-13-14(2)11-12-22(16)19/h5-9,11-13H,3-4,10H2,1-2H3,(H,21,23). The number of aryl methyl sites for hydroxylation is 1. The van der Waals surface area contributed by atoms with Crippen molar-refractivity contribution in [2.75, 3.05) is 5.32 Å². The van der Waals surface area contributed by atoms with Gasteiger partial charge in [0.1, 0.15) is 17.2 Å². The summed E-state index contributed by atoms with van der Waals surface area (Å²) < 4.78 is 1.94. The minimum atomic E-state index is 0.0337. The van der Waals surface area contributed by atoms with Gasteiger partial charge in [-0.3, -0.25) is 9.20 Å². The second-order valence-corrected chi connectivity index (χ2v) is 5.76. The van der Waals surface area contributed by atoms with Gasteiger partial charge in [0.05, 0.1) is 0 Å². The van der Waals surface area contributed by atoms with E-state index in [0.29, 0.717) is 6.42 Å². The first-order valence-corrected chi connectivity index (χ1v) is 8.03. The van der Waals surface area contributed by atoms with Crippen LogP contribution < -0.4 is 5.32 Å². The molecule has 0 radical (unpaired) electrons. The number of unbranched alkanes of at least 4 members (excludes halogenated alkanes) is 1. The van der Waals surface area contributed by atoms with E-state index in [4.69, 9.17) is 4.98 Å². The molecule has 0 bridgehead atoms. The highest BCUT2D eigenvalue weighted by Crippen LogP contribution is 2.29. The number of hydrogen-bond acceptors (Lipinski definition) is 2. The fraction of sp³-hybridized carbons (Fsp3) is 0.263. The van der Waals surface area contributed by atoms with Gasteiger partial charge in [-0.25, -0.2) is 4.98 Å². The van der Waals surface area contributed by atoms with E-state index in [1.807, 2.05) is 60.0 Å². The largest absolute Gasteiger partial charge is 0.310 e. The van der Waals surface area contributed by atoms with Gasteiger partial charge in [-0.2, -0.15) is 0 Å². The monoisotopic (exact) mass is 307 g/mol. The van der Waals surface area contributed by atoms with Gasteiger partial charge in [-0.05, 0) is 31.0 Å². The Morgan fingerprint density at radius 2 is 2.00 bits per heavy atom. The molecule has 0 atom stereocenters. The molecule has 2 aromatic heterocycles. The summed E-state index contributed by atoms with van der Waals surface area (Å²) in [7, 11) is 0. The molecule has 118 valence electrons. The smallest absolute Gasteiger partial charge is 0.225 e. The Morgan fingerprint density at radius 1 is 1.22 bits per heavy atom. The van der Waals surface area contributed by atoms with E-state index in [9.17, 15) is 4.79 Å². The normalized spacial score (nSPS) is 10.9. The minimum absolute atomic E-state index is 0.0337. The number of fused-ring (bicyclic) bond motifs is 1. The number of benzene rings is 1. The Balaban J connectivity index is 2.07. The van der Waals surface area contributed by atoms with Crippen molar-refractivity contribution in [1.29, 1.82) is 0 Å². The molecule has 0 aliphatic carbocycles. The highest BCUT2D eigenvalue weighted by Gasteiger charge is 2.16. The molecule has 0 saturated carbocycles. The molecule has 0 saturated heterocycles. The van der Waals surface area contributed by atoms with Crippen LogP contribution in [0.5, 0.6) is 0 Å². The number of carbonyl (C=O) groups is 1. The molecule has 0 aliphatic heterocycles. The zero-order chi connectivity index (χ0) is 16.2. The maximum Gasteiger partial charge on any atom is 0.225 e. The minimum Gasteiger partial charge on any atom is -0.310 e. The topological polar surface area (TPSA) is 46.4 Å². The summed E-state index contributed by atoms with van der Waals surface area (Å²) in [6, 6.07) is 14.0. The third-order valence-electron chi connectivity index (χ3n) is 3.84. The number of hydrogen-bond donors (Lipinski definition) is 1. The van der Waals surface area contributed by atoms with Crippen LogP contribution in [-0.2, 0) is 4.79 Å². The average Bonchev–Trinajstić information content (AvgIpc) is 2.91. The van der Waals surface area contributed by atoms with Crippen molar-refractivity contribution >= 4 is 17.4 Å². The molecule has 1 amide bonds. The van der Waals surface area contributed by atoms with Gasteiger partial charge < -0.3 is 5.32 Å². The summed E-state index contributed by atoms with van der Waals surface area (Å²) in [6.45, 7) is 4.12. The van der Waals surface area contributed by atoms with E-state index >= 15 is 0 Å². The maximum atomic E-state index is 12.2. The summed E-state index contributed by atoms with van der Waals surface area (Å²) in [5.41, 5.74) is 3.79. The Morgan fingerprint density at radius 3 is 2.74 bits per heavy atom. The molecular weight excluding hydrogens is 286 g/mol. The van der Waals surface area contributed by atoms with Crippen molar-refractivity contribution in [1.82, 2.24) is 9.38 Å². The summed E-state index contributed by atoms with van der Waals surface area (Å²) in [5, 5.41) is 3.05. The molecule has 4 heteroatoms. The summed E-state index contributed by atoms with van der Waals surface area (Å²) in [6.07, 6.45) is 4.39. The predicted octanol–water partition coefficient (Wildman–Crippen LogP) is 4.44. The Bertz CT molecular complexity index is 821. The number of amides is 1.